The second-order valence-corrected chi connectivity index (χ2v) is 5.95. The van der Waals surface area contributed by atoms with Crippen molar-refractivity contribution in [3.63, 3.8) is 0 Å². The van der Waals surface area contributed by atoms with E-state index < -0.39 is 17.9 Å². The van der Waals surface area contributed by atoms with Crippen LogP contribution in [0.4, 0.5) is 0 Å². The molecule has 0 saturated heterocycles. The number of methoxy groups -OCH3 is 3. The first-order valence-electron chi connectivity index (χ1n) is 8.40. The molecule has 0 radical (unpaired) electrons. The molecule has 3 aromatic rings. The quantitative estimate of drug-likeness (QED) is 0.578. The molecule has 8 heteroatoms. The number of carbonyl (C=O) groups is 2. The van der Waals surface area contributed by atoms with Crippen LogP contribution in [0.3, 0.4) is 0 Å². The number of rotatable bonds is 7. The van der Waals surface area contributed by atoms with Gasteiger partial charge in [0.1, 0.15) is 5.69 Å². The van der Waals surface area contributed by atoms with E-state index in [1.54, 1.807) is 42.5 Å². The highest BCUT2D eigenvalue weighted by Gasteiger charge is 2.25. The molecular weight excluding hydrogens is 364 g/mol. The lowest BCUT2D eigenvalue weighted by atomic mass is 10.1. The van der Waals surface area contributed by atoms with E-state index in [0.717, 1.165) is 0 Å². The highest BCUT2D eigenvalue weighted by molar-refractivity contribution is 6.02. The van der Waals surface area contributed by atoms with E-state index in [4.69, 9.17) is 14.2 Å². The number of ether oxygens (including phenoxy) is 3. The molecule has 1 amide bonds. The van der Waals surface area contributed by atoms with Crippen LogP contribution in [0.15, 0.2) is 42.5 Å². The molecule has 0 spiro atoms. The second kappa shape index (κ2) is 7.91. The largest absolute Gasteiger partial charge is 0.493 e. The standard InChI is InChI=1S/C20H20N2O6/c1-26-14-10-12-9-13(21-15(12)18(28-3)17(14)27-2)19(23)22-16(20(24)25)11-7-5-4-6-8-11/h4-10,16,21H,1-3H3,(H,22,23)(H,24,25)/t16-/m0/s1. The number of aliphatic carboxylic acids is 1. The average Bonchev–Trinajstić information content (AvgIpc) is 3.14. The normalized spacial score (nSPS) is 11.7. The summed E-state index contributed by atoms with van der Waals surface area (Å²) >= 11 is 0. The summed E-state index contributed by atoms with van der Waals surface area (Å²) in [4.78, 5) is 27.3. The van der Waals surface area contributed by atoms with Crippen LogP contribution in [0.25, 0.3) is 10.9 Å². The lowest BCUT2D eigenvalue weighted by Gasteiger charge is -2.14. The Labute approximate surface area is 161 Å². The zero-order valence-corrected chi connectivity index (χ0v) is 15.6. The topological polar surface area (TPSA) is 110 Å². The highest BCUT2D eigenvalue weighted by Crippen LogP contribution is 2.43. The molecule has 1 aromatic heterocycles. The maximum Gasteiger partial charge on any atom is 0.330 e. The minimum atomic E-state index is -1.17. The summed E-state index contributed by atoms with van der Waals surface area (Å²) in [5.41, 5.74) is 1.20. The van der Waals surface area contributed by atoms with E-state index >= 15 is 0 Å². The van der Waals surface area contributed by atoms with E-state index in [2.05, 4.69) is 10.3 Å². The van der Waals surface area contributed by atoms with E-state index in [9.17, 15) is 14.7 Å². The average molecular weight is 384 g/mol. The number of benzene rings is 2. The van der Waals surface area contributed by atoms with Crippen molar-refractivity contribution in [2.75, 3.05) is 21.3 Å². The number of carboxylic acid groups (broad SMARTS) is 1. The molecule has 0 bridgehead atoms. The van der Waals surface area contributed by atoms with Gasteiger partial charge in [-0.15, -0.1) is 0 Å². The van der Waals surface area contributed by atoms with E-state index in [-0.39, 0.29) is 5.69 Å². The minimum absolute atomic E-state index is 0.186. The number of H-pyrrole nitrogens is 1. The zero-order valence-electron chi connectivity index (χ0n) is 15.6. The summed E-state index contributed by atoms with van der Waals surface area (Å²) in [6.45, 7) is 0. The molecule has 3 N–H and O–H groups in total. The third-order valence-corrected chi connectivity index (χ3v) is 4.32. The fraction of sp³-hybridized carbons (Fsp3) is 0.200. The third kappa shape index (κ3) is 3.44. The van der Waals surface area contributed by atoms with Crippen LogP contribution in [0.2, 0.25) is 0 Å². The monoisotopic (exact) mass is 384 g/mol. The SMILES string of the molecule is COc1cc2cc(C(=O)N[C@H](C(=O)O)c3ccccc3)[nH]c2c(OC)c1OC. The first kappa shape index (κ1) is 19.1. The number of hydrogen-bond acceptors (Lipinski definition) is 5. The van der Waals surface area contributed by atoms with E-state index in [0.29, 0.717) is 33.7 Å². The smallest absolute Gasteiger partial charge is 0.330 e. The maximum atomic E-state index is 12.7. The number of aromatic nitrogens is 1. The van der Waals surface area contributed by atoms with Crippen LogP contribution in [0, 0.1) is 0 Å². The van der Waals surface area contributed by atoms with Gasteiger partial charge in [-0.1, -0.05) is 30.3 Å². The van der Waals surface area contributed by atoms with Gasteiger partial charge >= 0.3 is 5.97 Å². The summed E-state index contributed by atoms with van der Waals surface area (Å²) < 4.78 is 16.1. The van der Waals surface area contributed by atoms with Gasteiger partial charge in [0.05, 0.1) is 26.8 Å². The Kier molecular flexibility index (Phi) is 5.39. The molecule has 0 aliphatic heterocycles. The Bertz CT molecular complexity index is 1010. The van der Waals surface area contributed by atoms with Gasteiger partial charge in [-0.2, -0.15) is 0 Å². The number of carbonyl (C=O) groups excluding carboxylic acids is 1. The first-order chi connectivity index (χ1) is 13.5. The maximum absolute atomic E-state index is 12.7. The predicted octanol–water partition coefficient (Wildman–Crippen LogP) is 2.75. The molecule has 0 aliphatic carbocycles. The molecular formula is C20H20N2O6. The number of aromatic amines is 1. The summed E-state index contributed by atoms with van der Waals surface area (Å²) in [6, 6.07) is 10.6. The molecule has 8 nitrogen and oxygen atoms in total. The molecule has 28 heavy (non-hydrogen) atoms. The van der Waals surface area contributed by atoms with Crippen molar-refractivity contribution in [3.05, 3.63) is 53.7 Å². The van der Waals surface area contributed by atoms with Gasteiger partial charge in [0, 0.05) is 5.39 Å². The number of amides is 1. The van der Waals surface area contributed by atoms with Gasteiger partial charge in [-0.05, 0) is 17.7 Å². The van der Waals surface area contributed by atoms with E-state index in [1.807, 2.05) is 0 Å². The van der Waals surface area contributed by atoms with Crippen LogP contribution in [0.1, 0.15) is 22.1 Å². The van der Waals surface area contributed by atoms with Crippen molar-refractivity contribution in [1.29, 1.82) is 0 Å². The van der Waals surface area contributed by atoms with Crippen LogP contribution in [-0.4, -0.2) is 43.3 Å². The van der Waals surface area contributed by atoms with Gasteiger partial charge in [0.15, 0.2) is 17.5 Å². The highest BCUT2D eigenvalue weighted by atomic mass is 16.5. The molecule has 146 valence electrons. The molecule has 1 heterocycles. The van der Waals surface area contributed by atoms with Crippen molar-refractivity contribution >= 4 is 22.8 Å². The summed E-state index contributed by atoms with van der Waals surface area (Å²) in [5, 5.41) is 12.7. The number of fused-ring (bicyclic) bond motifs is 1. The zero-order chi connectivity index (χ0) is 20.3. The van der Waals surface area contributed by atoms with Gasteiger partial charge in [0.2, 0.25) is 5.75 Å². The fourth-order valence-electron chi connectivity index (χ4n) is 3.01. The Morgan fingerprint density at radius 1 is 1.00 bits per heavy atom. The summed E-state index contributed by atoms with van der Waals surface area (Å²) in [5.74, 6) is -0.498. The van der Waals surface area contributed by atoms with Crippen LogP contribution in [0.5, 0.6) is 17.2 Å². The molecule has 0 unspecified atom stereocenters. The Balaban J connectivity index is 1.99. The van der Waals surface area contributed by atoms with Crippen LogP contribution in [-0.2, 0) is 4.79 Å². The van der Waals surface area contributed by atoms with Crippen molar-refractivity contribution < 1.29 is 28.9 Å². The van der Waals surface area contributed by atoms with Gasteiger partial charge in [-0.3, -0.25) is 4.79 Å². The van der Waals surface area contributed by atoms with E-state index in [1.165, 1.54) is 21.3 Å². The molecule has 2 aromatic carbocycles. The number of carboxylic acids is 1. The van der Waals surface area contributed by atoms with Gasteiger partial charge < -0.3 is 29.6 Å². The van der Waals surface area contributed by atoms with Crippen LogP contribution >= 0.6 is 0 Å². The van der Waals surface area contributed by atoms with Crippen molar-refractivity contribution in [2.45, 2.75) is 6.04 Å². The van der Waals surface area contributed by atoms with Crippen molar-refractivity contribution in [2.24, 2.45) is 0 Å². The predicted molar refractivity (Wildman–Crippen MR) is 102 cm³/mol. The first-order valence-corrected chi connectivity index (χ1v) is 8.40. The Hall–Kier alpha value is -3.68. The lowest BCUT2D eigenvalue weighted by molar-refractivity contribution is -0.139. The minimum Gasteiger partial charge on any atom is -0.493 e. The third-order valence-electron chi connectivity index (χ3n) is 4.32. The Morgan fingerprint density at radius 2 is 1.68 bits per heavy atom. The summed E-state index contributed by atoms with van der Waals surface area (Å²) in [7, 11) is 4.47. The van der Waals surface area contributed by atoms with Gasteiger partial charge in [0.25, 0.3) is 5.91 Å². The molecule has 0 fully saturated rings. The van der Waals surface area contributed by atoms with Gasteiger partial charge in [-0.25, -0.2) is 4.79 Å². The number of nitrogens with one attached hydrogen (secondary N) is 2. The molecule has 3 rings (SSSR count). The molecule has 0 aliphatic rings. The fourth-order valence-corrected chi connectivity index (χ4v) is 3.01. The number of hydrogen-bond donors (Lipinski definition) is 3. The lowest BCUT2D eigenvalue weighted by Crippen LogP contribution is -2.33. The Morgan fingerprint density at radius 3 is 2.25 bits per heavy atom. The van der Waals surface area contributed by atoms with Crippen molar-refractivity contribution in [3.8, 4) is 17.2 Å². The molecule has 0 saturated carbocycles. The summed E-state index contributed by atoms with van der Waals surface area (Å²) in [6.07, 6.45) is 0. The second-order valence-electron chi connectivity index (χ2n) is 5.95. The molecule has 1 atom stereocenters. The van der Waals surface area contributed by atoms with Crippen molar-refractivity contribution in [1.82, 2.24) is 10.3 Å². The van der Waals surface area contributed by atoms with Crippen LogP contribution < -0.4 is 19.5 Å².